The van der Waals surface area contributed by atoms with Gasteiger partial charge in [-0.05, 0) is 25.2 Å². The van der Waals surface area contributed by atoms with Gasteiger partial charge in [-0.1, -0.05) is 71.1 Å². The molecular formula is C16H32O. The molecule has 0 heterocycles. The Morgan fingerprint density at radius 1 is 0.824 bits per heavy atom. The predicted octanol–water partition coefficient (Wildman–Crippen LogP) is 5.07. The molecule has 0 aliphatic heterocycles. The van der Waals surface area contributed by atoms with E-state index in [1.54, 1.807) is 0 Å². The lowest BCUT2D eigenvalue weighted by Crippen LogP contribution is -2.21. The molecule has 1 fully saturated rings. The predicted molar refractivity (Wildman–Crippen MR) is 75.2 cm³/mol. The summed E-state index contributed by atoms with van der Waals surface area (Å²) in [6.07, 6.45) is 17.2. The van der Waals surface area contributed by atoms with Crippen molar-refractivity contribution in [2.75, 3.05) is 0 Å². The molecule has 1 nitrogen and oxygen atoms in total. The minimum absolute atomic E-state index is 0.00550. The smallest absolute Gasteiger partial charge is 0.0568 e. The summed E-state index contributed by atoms with van der Waals surface area (Å²) >= 11 is 0. The lowest BCUT2D eigenvalue weighted by atomic mass is 9.85. The summed E-state index contributed by atoms with van der Waals surface area (Å²) in [6.45, 7) is 2.27. The summed E-state index contributed by atoms with van der Waals surface area (Å²) in [5.41, 5.74) is 0. The van der Waals surface area contributed by atoms with Crippen LogP contribution in [-0.2, 0) is 0 Å². The van der Waals surface area contributed by atoms with E-state index in [2.05, 4.69) is 6.92 Å². The molecule has 102 valence electrons. The molecule has 2 atom stereocenters. The van der Waals surface area contributed by atoms with Crippen molar-refractivity contribution in [3.05, 3.63) is 0 Å². The molecule has 0 spiro atoms. The van der Waals surface area contributed by atoms with Gasteiger partial charge in [0, 0.05) is 0 Å². The van der Waals surface area contributed by atoms with Crippen LogP contribution in [0.15, 0.2) is 0 Å². The Labute approximate surface area is 108 Å². The Hall–Kier alpha value is -0.0400. The molecule has 0 amide bonds. The molecule has 0 radical (unpaired) electrons. The van der Waals surface area contributed by atoms with Gasteiger partial charge >= 0.3 is 0 Å². The summed E-state index contributed by atoms with van der Waals surface area (Å²) < 4.78 is 0. The van der Waals surface area contributed by atoms with Crippen LogP contribution in [0.2, 0.25) is 0 Å². The average Bonchev–Trinajstić information content (AvgIpc) is 2.32. The number of unbranched alkanes of at least 4 members (excludes halogenated alkanes) is 5. The Morgan fingerprint density at radius 3 is 2.24 bits per heavy atom. The van der Waals surface area contributed by atoms with Crippen molar-refractivity contribution in [3.63, 3.8) is 0 Å². The van der Waals surface area contributed by atoms with E-state index >= 15 is 0 Å². The molecule has 2 unspecified atom stereocenters. The van der Waals surface area contributed by atoms with Gasteiger partial charge in [-0.15, -0.1) is 0 Å². The Kier molecular flexibility index (Phi) is 8.78. The lowest BCUT2D eigenvalue weighted by Gasteiger charge is -2.25. The summed E-state index contributed by atoms with van der Waals surface area (Å²) in [5, 5.41) is 10.1. The number of hydrogen-bond donors (Lipinski definition) is 1. The first kappa shape index (κ1) is 15.0. The topological polar surface area (TPSA) is 20.2 Å². The highest BCUT2D eigenvalue weighted by molar-refractivity contribution is 4.72. The minimum Gasteiger partial charge on any atom is -0.393 e. The van der Waals surface area contributed by atoms with Crippen LogP contribution in [0.5, 0.6) is 0 Å². The molecule has 1 aliphatic carbocycles. The van der Waals surface area contributed by atoms with E-state index in [0.29, 0.717) is 5.92 Å². The second-order valence-corrected chi connectivity index (χ2v) is 5.88. The van der Waals surface area contributed by atoms with Gasteiger partial charge in [-0.25, -0.2) is 0 Å². The standard InChI is InChI=1S/C16H32O/c1-2-3-4-5-6-9-12-15-13-10-7-8-11-14-16(15)17/h15-17H,2-14H2,1H3. The maximum absolute atomic E-state index is 10.1. The highest BCUT2D eigenvalue weighted by Gasteiger charge is 2.19. The number of hydrogen-bond acceptors (Lipinski definition) is 1. The van der Waals surface area contributed by atoms with Crippen LogP contribution in [0.25, 0.3) is 0 Å². The fourth-order valence-electron chi connectivity index (χ4n) is 3.07. The third kappa shape index (κ3) is 7.08. The fraction of sp³-hybridized carbons (Fsp3) is 1.00. The van der Waals surface area contributed by atoms with Gasteiger partial charge in [0.25, 0.3) is 0 Å². The quantitative estimate of drug-likeness (QED) is 0.616. The number of rotatable bonds is 7. The van der Waals surface area contributed by atoms with E-state index in [9.17, 15) is 5.11 Å². The zero-order chi connectivity index (χ0) is 12.3. The summed E-state index contributed by atoms with van der Waals surface area (Å²) in [7, 11) is 0. The fourth-order valence-corrected chi connectivity index (χ4v) is 3.07. The average molecular weight is 240 g/mol. The van der Waals surface area contributed by atoms with Gasteiger partial charge < -0.3 is 5.11 Å². The molecule has 1 N–H and O–H groups in total. The second-order valence-electron chi connectivity index (χ2n) is 5.88. The highest BCUT2D eigenvalue weighted by atomic mass is 16.3. The molecule has 1 heteroatoms. The van der Waals surface area contributed by atoms with E-state index in [0.717, 1.165) is 6.42 Å². The van der Waals surface area contributed by atoms with Crippen molar-refractivity contribution in [2.45, 2.75) is 96.5 Å². The third-order valence-corrected chi connectivity index (χ3v) is 4.30. The first-order chi connectivity index (χ1) is 8.34. The highest BCUT2D eigenvalue weighted by Crippen LogP contribution is 2.27. The van der Waals surface area contributed by atoms with Gasteiger partial charge in [-0.3, -0.25) is 0 Å². The molecular weight excluding hydrogens is 208 g/mol. The van der Waals surface area contributed by atoms with Gasteiger partial charge in [0.1, 0.15) is 0 Å². The van der Waals surface area contributed by atoms with Crippen molar-refractivity contribution in [3.8, 4) is 0 Å². The van der Waals surface area contributed by atoms with Crippen LogP contribution in [0, 0.1) is 5.92 Å². The second kappa shape index (κ2) is 9.94. The summed E-state index contributed by atoms with van der Waals surface area (Å²) in [6, 6.07) is 0. The normalized spacial score (nSPS) is 26.5. The minimum atomic E-state index is 0.00550. The zero-order valence-electron chi connectivity index (χ0n) is 11.8. The first-order valence-corrected chi connectivity index (χ1v) is 8.02. The Morgan fingerprint density at radius 2 is 1.47 bits per heavy atom. The van der Waals surface area contributed by atoms with Crippen molar-refractivity contribution in [1.82, 2.24) is 0 Å². The molecule has 0 aromatic carbocycles. The molecule has 0 aromatic heterocycles. The van der Waals surface area contributed by atoms with Crippen LogP contribution in [0.1, 0.15) is 90.4 Å². The van der Waals surface area contributed by atoms with Gasteiger partial charge in [-0.2, -0.15) is 0 Å². The van der Waals surface area contributed by atoms with Gasteiger partial charge in [0.05, 0.1) is 6.10 Å². The van der Waals surface area contributed by atoms with Crippen molar-refractivity contribution in [2.24, 2.45) is 5.92 Å². The van der Waals surface area contributed by atoms with Gasteiger partial charge in [0.15, 0.2) is 0 Å². The SMILES string of the molecule is CCCCCCCCC1CCCCCCC1O. The summed E-state index contributed by atoms with van der Waals surface area (Å²) in [4.78, 5) is 0. The Bertz CT molecular complexity index is 167. The largest absolute Gasteiger partial charge is 0.393 e. The molecule has 1 saturated carbocycles. The van der Waals surface area contributed by atoms with Crippen LogP contribution in [-0.4, -0.2) is 11.2 Å². The molecule has 0 bridgehead atoms. The zero-order valence-corrected chi connectivity index (χ0v) is 11.8. The van der Waals surface area contributed by atoms with Crippen molar-refractivity contribution in [1.29, 1.82) is 0 Å². The van der Waals surface area contributed by atoms with Crippen molar-refractivity contribution >= 4 is 0 Å². The molecule has 17 heavy (non-hydrogen) atoms. The third-order valence-electron chi connectivity index (χ3n) is 4.30. The molecule has 1 rings (SSSR count). The van der Waals surface area contributed by atoms with Crippen LogP contribution >= 0.6 is 0 Å². The van der Waals surface area contributed by atoms with E-state index in [1.807, 2.05) is 0 Å². The van der Waals surface area contributed by atoms with Crippen molar-refractivity contribution < 1.29 is 5.11 Å². The first-order valence-electron chi connectivity index (χ1n) is 8.02. The lowest BCUT2D eigenvalue weighted by molar-refractivity contribution is 0.0774. The molecule has 0 saturated heterocycles. The van der Waals surface area contributed by atoms with Crippen LogP contribution in [0.3, 0.4) is 0 Å². The van der Waals surface area contributed by atoms with E-state index in [-0.39, 0.29) is 6.10 Å². The van der Waals surface area contributed by atoms with Crippen LogP contribution in [0.4, 0.5) is 0 Å². The maximum Gasteiger partial charge on any atom is 0.0568 e. The van der Waals surface area contributed by atoms with Crippen LogP contribution < -0.4 is 0 Å². The molecule has 1 aliphatic rings. The summed E-state index contributed by atoms with van der Waals surface area (Å²) in [5.74, 6) is 0.612. The van der Waals surface area contributed by atoms with E-state index in [1.165, 1.54) is 77.0 Å². The number of aliphatic hydroxyl groups is 1. The monoisotopic (exact) mass is 240 g/mol. The number of aliphatic hydroxyl groups excluding tert-OH is 1. The molecule has 0 aromatic rings. The van der Waals surface area contributed by atoms with E-state index in [4.69, 9.17) is 0 Å². The maximum atomic E-state index is 10.1. The van der Waals surface area contributed by atoms with E-state index < -0.39 is 0 Å². The Balaban J connectivity index is 2.06. The van der Waals surface area contributed by atoms with Gasteiger partial charge in [0.2, 0.25) is 0 Å².